The molecule has 1 aromatic heterocycles. The first-order valence-electron chi connectivity index (χ1n) is 8.21. The number of nitrogens with zero attached hydrogens (tertiary/aromatic N) is 1. The van der Waals surface area contributed by atoms with Gasteiger partial charge in [-0.2, -0.15) is 5.26 Å². The van der Waals surface area contributed by atoms with Gasteiger partial charge in [0.15, 0.2) is 0 Å². The van der Waals surface area contributed by atoms with E-state index in [0.717, 1.165) is 5.56 Å². The molecule has 4 rings (SSSR count). The van der Waals surface area contributed by atoms with Crippen LogP contribution in [0.3, 0.4) is 0 Å². The van der Waals surface area contributed by atoms with Crippen LogP contribution in [0.1, 0.15) is 16.7 Å². The Kier molecular flexibility index (Phi) is 3.85. The average Bonchev–Trinajstić information content (AvgIpc) is 3.02. The van der Waals surface area contributed by atoms with Gasteiger partial charge in [-0.05, 0) is 35.9 Å². The van der Waals surface area contributed by atoms with Crippen LogP contribution in [0.4, 0.5) is 10.3 Å². The van der Waals surface area contributed by atoms with Crippen molar-refractivity contribution in [3.63, 3.8) is 0 Å². The lowest BCUT2D eigenvalue weighted by atomic mass is 9.94. The molecule has 6 heteroatoms. The maximum Gasteiger partial charge on any atom is 0.209 e. The van der Waals surface area contributed by atoms with Gasteiger partial charge in [0.2, 0.25) is 5.88 Å². The van der Waals surface area contributed by atoms with Gasteiger partial charge in [0.25, 0.3) is 0 Å². The summed E-state index contributed by atoms with van der Waals surface area (Å²) in [6, 6.07) is 13.2. The van der Waals surface area contributed by atoms with Crippen LogP contribution in [0.2, 0.25) is 0 Å². The van der Waals surface area contributed by atoms with Gasteiger partial charge in [0, 0.05) is 28.1 Å². The molecule has 0 fully saturated rings. The van der Waals surface area contributed by atoms with Crippen molar-refractivity contribution in [1.82, 2.24) is 0 Å². The molecule has 0 bridgehead atoms. The Bertz CT molecular complexity index is 1220. The summed E-state index contributed by atoms with van der Waals surface area (Å²) in [5.74, 6) is 0.260. The number of aromatic hydroxyl groups is 1. The predicted octanol–water partition coefficient (Wildman–Crippen LogP) is 4.48. The van der Waals surface area contributed by atoms with Crippen LogP contribution >= 0.6 is 0 Å². The van der Waals surface area contributed by atoms with Gasteiger partial charge in [-0.15, -0.1) is 0 Å². The van der Waals surface area contributed by atoms with Gasteiger partial charge < -0.3 is 20.0 Å². The van der Waals surface area contributed by atoms with E-state index >= 15 is 0 Å². The molecule has 0 spiro atoms. The lowest BCUT2D eigenvalue weighted by Gasteiger charge is -2.12. The molecule has 4 aromatic rings. The fourth-order valence-electron chi connectivity index (χ4n) is 3.34. The molecule has 0 radical (unpaired) electrons. The van der Waals surface area contributed by atoms with Crippen LogP contribution in [-0.2, 0) is 6.42 Å². The Labute approximate surface area is 154 Å². The number of ether oxygens (including phenoxy) is 1. The van der Waals surface area contributed by atoms with E-state index in [1.807, 2.05) is 0 Å². The minimum atomic E-state index is -0.344. The number of phenols is 1. The SMILES string of the molecule is COc1ccc2c(O)c(Cc3ccc(F)cc3)c3c(C#N)c(N)oc3c2c1. The highest BCUT2D eigenvalue weighted by Gasteiger charge is 2.23. The van der Waals surface area contributed by atoms with Gasteiger partial charge in [0.1, 0.15) is 34.5 Å². The predicted molar refractivity (Wildman–Crippen MR) is 100 cm³/mol. The van der Waals surface area contributed by atoms with E-state index in [4.69, 9.17) is 14.9 Å². The molecule has 5 nitrogen and oxygen atoms in total. The zero-order chi connectivity index (χ0) is 19.1. The highest BCUT2D eigenvalue weighted by atomic mass is 19.1. The molecule has 1 heterocycles. The summed E-state index contributed by atoms with van der Waals surface area (Å²) in [4.78, 5) is 0. The van der Waals surface area contributed by atoms with Crippen LogP contribution < -0.4 is 10.5 Å². The minimum absolute atomic E-state index is 0.0115. The second-order valence-electron chi connectivity index (χ2n) is 6.20. The smallest absolute Gasteiger partial charge is 0.209 e. The van der Waals surface area contributed by atoms with Gasteiger partial charge in [-0.3, -0.25) is 0 Å². The van der Waals surface area contributed by atoms with Crippen molar-refractivity contribution in [3.05, 3.63) is 65.0 Å². The third-order valence-electron chi connectivity index (χ3n) is 4.66. The van der Waals surface area contributed by atoms with Gasteiger partial charge in [0.05, 0.1) is 7.11 Å². The Balaban J connectivity index is 2.08. The van der Waals surface area contributed by atoms with Gasteiger partial charge in [-0.25, -0.2) is 4.39 Å². The third kappa shape index (κ3) is 2.61. The molecule has 0 aliphatic rings. The lowest BCUT2D eigenvalue weighted by molar-refractivity contribution is 0.415. The third-order valence-corrected chi connectivity index (χ3v) is 4.66. The zero-order valence-electron chi connectivity index (χ0n) is 14.4. The summed E-state index contributed by atoms with van der Waals surface area (Å²) in [7, 11) is 1.54. The molecule has 27 heavy (non-hydrogen) atoms. The number of benzene rings is 3. The van der Waals surface area contributed by atoms with E-state index in [-0.39, 0.29) is 29.4 Å². The van der Waals surface area contributed by atoms with E-state index in [1.165, 1.54) is 12.1 Å². The monoisotopic (exact) mass is 362 g/mol. The lowest BCUT2D eigenvalue weighted by Crippen LogP contribution is -1.94. The Morgan fingerprint density at radius 1 is 1.19 bits per heavy atom. The standard InChI is InChI=1S/C21H15FN2O3/c1-26-13-6-7-14-15(9-13)20-18(17(10-23)21(24)27-20)16(19(14)25)8-11-2-4-12(22)5-3-11/h2-7,9,25H,8,24H2,1H3. The molecule has 0 unspecified atom stereocenters. The van der Waals surface area contributed by atoms with Gasteiger partial charge >= 0.3 is 0 Å². The molecule has 3 N–H and O–H groups in total. The second-order valence-corrected chi connectivity index (χ2v) is 6.20. The maximum absolute atomic E-state index is 13.2. The number of furan rings is 1. The quantitative estimate of drug-likeness (QED) is 0.560. The molecular formula is C21H15FN2O3. The van der Waals surface area contributed by atoms with Crippen molar-refractivity contribution in [2.24, 2.45) is 0 Å². The summed E-state index contributed by atoms with van der Waals surface area (Å²) in [5.41, 5.74) is 7.77. The summed E-state index contributed by atoms with van der Waals surface area (Å²) >= 11 is 0. The number of rotatable bonds is 3. The highest BCUT2D eigenvalue weighted by molar-refractivity contribution is 6.12. The first kappa shape index (κ1) is 16.7. The highest BCUT2D eigenvalue weighted by Crippen LogP contribution is 2.43. The van der Waals surface area contributed by atoms with Crippen LogP contribution in [0.25, 0.3) is 21.7 Å². The average molecular weight is 362 g/mol. The van der Waals surface area contributed by atoms with E-state index < -0.39 is 0 Å². The summed E-state index contributed by atoms with van der Waals surface area (Å²) in [5, 5.41) is 22.1. The normalized spacial score (nSPS) is 11.0. The van der Waals surface area contributed by atoms with Crippen LogP contribution in [0.15, 0.2) is 46.9 Å². The van der Waals surface area contributed by atoms with Crippen LogP contribution in [-0.4, -0.2) is 12.2 Å². The second kappa shape index (κ2) is 6.22. The summed E-state index contributed by atoms with van der Waals surface area (Å²) < 4.78 is 24.2. The van der Waals surface area contributed by atoms with Gasteiger partial charge in [-0.1, -0.05) is 12.1 Å². The Morgan fingerprint density at radius 2 is 1.93 bits per heavy atom. The number of phenolic OH excluding ortho intramolecular Hbond substituents is 1. The van der Waals surface area contributed by atoms with Crippen molar-refractivity contribution < 1.29 is 18.7 Å². The number of nitrogens with two attached hydrogens (primary N) is 1. The number of hydrogen-bond acceptors (Lipinski definition) is 5. The molecule has 0 aliphatic heterocycles. The first-order chi connectivity index (χ1) is 13.0. The number of nitrogen functional groups attached to an aromatic ring is 1. The van der Waals surface area contributed by atoms with Crippen LogP contribution in [0.5, 0.6) is 11.5 Å². The van der Waals surface area contributed by atoms with Crippen molar-refractivity contribution in [3.8, 4) is 17.6 Å². The zero-order valence-corrected chi connectivity index (χ0v) is 14.4. The molecule has 134 valence electrons. The molecule has 3 aromatic carbocycles. The summed E-state index contributed by atoms with van der Waals surface area (Å²) in [6.45, 7) is 0. The topological polar surface area (TPSA) is 92.4 Å². The first-order valence-corrected chi connectivity index (χ1v) is 8.21. The molecule has 0 amide bonds. The van der Waals surface area contributed by atoms with E-state index in [2.05, 4.69) is 6.07 Å². The van der Waals surface area contributed by atoms with E-state index in [9.17, 15) is 14.8 Å². The fourth-order valence-corrected chi connectivity index (χ4v) is 3.34. The van der Waals surface area contributed by atoms with Crippen molar-refractivity contribution >= 4 is 27.6 Å². The molecule has 0 atom stereocenters. The number of fused-ring (bicyclic) bond motifs is 3. The molecule has 0 saturated carbocycles. The van der Waals surface area contributed by atoms with Crippen molar-refractivity contribution in [2.75, 3.05) is 12.8 Å². The summed E-state index contributed by atoms with van der Waals surface area (Å²) in [6.07, 6.45) is 0.290. The largest absolute Gasteiger partial charge is 0.507 e. The number of halogens is 1. The number of nitriles is 1. The Hall–Kier alpha value is -3.72. The molecule has 0 aliphatic carbocycles. The number of methoxy groups -OCH3 is 1. The van der Waals surface area contributed by atoms with Crippen molar-refractivity contribution in [2.45, 2.75) is 6.42 Å². The maximum atomic E-state index is 13.2. The van der Waals surface area contributed by atoms with E-state index in [1.54, 1.807) is 37.4 Å². The van der Waals surface area contributed by atoms with E-state index in [0.29, 0.717) is 33.1 Å². The van der Waals surface area contributed by atoms with Crippen LogP contribution in [0, 0.1) is 17.1 Å². The van der Waals surface area contributed by atoms with Crippen molar-refractivity contribution in [1.29, 1.82) is 5.26 Å². The Morgan fingerprint density at radius 3 is 2.59 bits per heavy atom. The fraction of sp³-hybridized carbons (Fsp3) is 0.0952. The number of hydrogen-bond donors (Lipinski definition) is 2. The minimum Gasteiger partial charge on any atom is -0.507 e. The molecular weight excluding hydrogens is 347 g/mol. The molecule has 0 saturated heterocycles. The number of anilines is 1.